The number of rotatable bonds is 7. The van der Waals surface area contributed by atoms with Gasteiger partial charge in [0, 0.05) is 36.7 Å². The molecule has 0 saturated heterocycles. The van der Waals surface area contributed by atoms with Gasteiger partial charge in [0.2, 0.25) is 5.91 Å². The van der Waals surface area contributed by atoms with E-state index in [0.717, 1.165) is 17.7 Å². The van der Waals surface area contributed by atoms with Crippen molar-refractivity contribution in [3.8, 4) is 17.0 Å². The lowest BCUT2D eigenvalue weighted by molar-refractivity contribution is -0.121. The molecule has 1 amide bonds. The Labute approximate surface area is 180 Å². The molecule has 0 saturated carbocycles. The zero-order chi connectivity index (χ0) is 22.7. The van der Waals surface area contributed by atoms with Gasteiger partial charge in [-0.15, -0.1) is 0 Å². The van der Waals surface area contributed by atoms with Gasteiger partial charge in [-0.3, -0.25) is 14.2 Å². The van der Waals surface area contributed by atoms with Crippen molar-refractivity contribution in [2.24, 2.45) is 0 Å². The van der Waals surface area contributed by atoms with Crippen LogP contribution in [0.1, 0.15) is 12.0 Å². The van der Waals surface area contributed by atoms with Gasteiger partial charge < -0.3 is 14.6 Å². The zero-order valence-electron chi connectivity index (χ0n) is 17.0. The van der Waals surface area contributed by atoms with E-state index in [1.807, 2.05) is 18.2 Å². The molecule has 10 heteroatoms. The molecule has 2 aromatic heterocycles. The first-order valence-corrected chi connectivity index (χ1v) is 9.66. The molecule has 2 aromatic carbocycles. The summed E-state index contributed by atoms with van der Waals surface area (Å²) in [5.41, 5.74) is 0.248. The number of methoxy groups -OCH3 is 1. The minimum atomic E-state index is -0.813. The molecule has 0 bridgehead atoms. The molecule has 0 unspecified atom stereocenters. The highest BCUT2D eigenvalue weighted by Gasteiger charge is 2.18. The molecule has 0 aliphatic carbocycles. The maximum atomic E-state index is 13.6. The third-order valence-electron chi connectivity index (χ3n) is 4.85. The van der Waals surface area contributed by atoms with E-state index in [1.165, 1.54) is 10.9 Å². The number of amides is 1. The van der Waals surface area contributed by atoms with Crippen LogP contribution in [0.3, 0.4) is 0 Å². The minimum Gasteiger partial charge on any atom is -0.496 e. The van der Waals surface area contributed by atoms with Crippen LogP contribution in [0.15, 0.2) is 58.1 Å². The van der Waals surface area contributed by atoms with Gasteiger partial charge in [0.15, 0.2) is 0 Å². The third kappa shape index (κ3) is 4.34. The second kappa shape index (κ2) is 8.96. The summed E-state index contributed by atoms with van der Waals surface area (Å²) in [6.07, 6.45) is 1.25. The number of ether oxygens (including phenoxy) is 1. The fraction of sp³-hybridized carbons (Fsp3) is 0.182. The lowest BCUT2D eigenvalue weighted by Gasteiger charge is -2.10. The summed E-state index contributed by atoms with van der Waals surface area (Å²) in [5, 5.41) is 6.50. The molecule has 2 heterocycles. The summed E-state index contributed by atoms with van der Waals surface area (Å²) in [7, 11) is 1.55. The van der Waals surface area contributed by atoms with E-state index in [-0.39, 0.29) is 47.8 Å². The van der Waals surface area contributed by atoms with Crippen molar-refractivity contribution < 1.29 is 22.8 Å². The number of aromatic nitrogens is 3. The predicted octanol–water partition coefficient (Wildman–Crippen LogP) is 3.04. The van der Waals surface area contributed by atoms with Crippen LogP contribution in [0.4, 0.5) is 8.78 Å². The molecule has 0 spiro atoms. The molecule has 1 N–H and O–H groups in total. The standard InChI is InChI=1S/C22H18F2N4O4/c1-31-17-5-3-2-4-13(17)11-25-18(29)6-7-28-12-26-21-19(22(28)30)20(27-32-21)14-8-15(23)10-16(24)9-14/h2-5,8-10,12H,6-7,11H2,1H3,(H,25,29). The number of halogens is 2. The summed E-state index contributed by atoms with van der Waals surface area (Å²) >= 11 is 0. The van der Waals surface area contributed by atoms with Crippen molar-refractivity contribution in [2.45, 2.75) is 19.5 Å². The Morgan fingerprint density at radius 1 is 1.19 bits per heavy atom. The largest absolute Gasteiger partial charge is 0.496 e. The summed E-state index contributed by atoms with van der Waals surface area (Å²) in [6.45, 7) is 0.317. The van der Waals surface area contributed by atoms with Crippen LogP contribution < -0.4 is 15.6 Å². The average molecular weight is 440 g/mol. The number of benzene rings is 2. The summed E-state index contributed by atoms with van der Waals surface area (Å²) in [5.74, 6) is -1.24. The number of aryl methyl sites for hydroxylation is 1. The van der Waals surface area contributed by atoms with E-state index >= 15 is 0 Å². The van der Waals surface area contributed by atoms with Gasteiger partial charge in [0.1, 0.15) is 34.8 Å². The molecule has 0 fully saturated rings. The Kier molecular flexibility index (Phi) is 5.93. The first kappa shape index (κ1) is 21.2. The number of hydrogen-bond acceptors (Lipinski definition) is 6. The van der Waals surface area contributed by atoms with Crippen LogP contribution in [0.5, 0.6) is 5.75 Å². The van der Waals surface area contributed by atoms with Crippen molar-refractivity contribution in [2.75, 3.05) is 7.11 Å². The Morgan fingerprint density at radius 2 is 1.94 bits per heavy atom. The van der Waals surface area contributed by atoms with Gasteiger partial charge in [-0.25, -0.2) is 13.8 Å². The summed E-state index contributed by atoms with van der Waals surface area (Å²) in [6, 6.07) is 10.1. The fourth-order valence-corrected chi connectivity index (χ4v) is 3.28. The van der Waals surface area contributed by atoms with E-state index in [2.05, 4.69) is 15.5 Å². The lowest BCUT2D eigenvalue weighted by atomic mass is 10.1. The smallest absolute Gasteiger partial charge is 0.266 e. The van der Waals surface area contributed by atoms with Gasteiger partial charge in [0.25, 0.3) is 11.3 Å². The van der Waals surface area contributed by atoms with Crippen LogP contribution in [0.2, 0.25) is 0 Å². The zero-order valence-corrected chi connectivity index (χ0v) is 17.0. The van der Waals surface area contributed by atoms with Crippen molar-refractivity contribution in [3.05, 3.63) is 76.3 Å². The molecular formula is C22H18F2N4O4. The molecule has 4 rings (SSSR count). The van der Waals surface area contributed by atoms with E-state index in [9.17, 15) is 18.4 Å². The quantitative estimate of drug-likeness (QED) is 0.474. The molecule has 4 aromatic rings. The highest BCUT2D eigenvalue weighted by atomic mass is 19.1. The number of nitrogens with zero attached hydrogens (tertiary/aromatic N) is 3. The molecule has 8 nitrogen and oxygen atoms in total. The van der Waals surface area contributed by atoms with E-state index in [0.29, 0.717) is 11.8 Å². The Morgan fingerprint density at radius 3 is 2.69 bits per heavy atom. The van der Waals surface area contributed by atoms with Gasteiger partial charge in [-0.05, 0) is 18.2 Å². The number of hydrogen-bond donors (Lipinski definition) is 1. The number of fused-ring (bicyclic) bond motifs is 1. The Hall–Kier alpha value is -4.08. The second-order valence-corrected chi connectivity index (χ2v) is 6.95. The van der Waals surface area contributed by atoms with Crippen LogP contribution >= 0.6 is 0 Å². The molecule has 32 heavy (non-hydrogen) atoms. The molecule has 0 radical (unpaired) electrons. The molecular weight excluding hydrogens is 422 g/mol. The molecule has 0 atom stereocenters. The maximum absolute atomic E-state index is 13.6. The van der Waals surface area contributed by atoms with Gasteiger partial charge >= 0.3 is 0 Å². The Bertz CT molecular complexity index is 1330. The van der Waals surface area contributed by atoms with Crippen LogP contribution in [-0.2, 0) is 17.9 Å². The summed E-state index contributed by atoms with van der Waals surface area (Å²) < 4.78 is 38.7. The average Bonchev–Trinajstić information content (AvgIpc) is 3.22. The molecule has 0 aliphatic rings. The van der Waals surface area contributed by atoms with Crippen molar-refractivity contribution in [3.63, 3.8) is 0 Å². The van der Waals surface area contributed by atoms with Crippen LogP contribution in [0.25, 0.3) is 22.4 Å². The van der Waals surface area contributed by atoms with Crippen molar-refractivity contribution in [1.29, 1.82) is 0 Å². The topological polar surface area (TPSA) is 99.2 Å². The molecule has 164 valence electrons. The van der Waals surface area contributed by atoms with Crippen LogP contribution in [0, 0.1) is 11.6 Å². The van der Waals surface area contributed by atoms with E-state index < -0.39 is 17.2 Å². The second-order valence-electron chi connectivity index (χ2n) is 6.95. The van der Waals surface area contributed by atoms with Gasteiger partial charge in [-0.1, -0.05) is 23.4 Å². The number of nitrogens with one attached hydrogen (secondary N) is 1. The number of carbonyl (C=O) groups excluding carboxylic acids is 1. The SMILES string of the molecule is COc1ccccc1CNC(=O)CCn1cnc2onc(-c3cc(F)cc(F)c3)c2c1=O. The summed E-state index contributed by atoms with van der Waals surface area (Å²) in [4.78, 5) is 29.2. The Balaban J connectivity index is 1.51. The predicted molar refractivity (Wildman–Crippen MR) is 111 cm³/mol. The minimum absolute atomic E-state index is 0.0114. The van der Waals surface area contributed by atoms with Crippen molar-refractivity contribution >= 4 is 17.0 Å². The number of para-hydroxylation sites is 1. The maximum Gasteiger partial charge on any atom is 0.266 e. The first-order valence-electron chi connectivity index (χ1n) is 9.66. The highest BCUT2D eigenvalue weighted by molar-refractivity contribution is 5.88. The first-order chi connectivity index (χ1) is 15.5. The number of carbonyl (C=O) groups is 1. The lowest BCUT2D eigenvalue weighted by Crippen LogP contribution is -2.27. The molecule has 0 aliphatic heterocycles. The van der Waals surface area contributed by atoms with E-state index in [4.69, 9.17) is 9.26 Å². The van der Waals surface area contributed by atoms with Crippen LogP contribution in [-0.4, -0.2) is 27.7 Å². The third-order valence-corrected chi connectivity index (χ3v) is 4.85. The fourth-order valence-electron chi connectivity index (χ4n) is 3.28. The highest BCUT2D eigenvalue weighted by Crippen LogP contribution is 2.25. The van der Waals surface area contributed by atoms with E-state index in [1.54, 1.807) is 13.2 Å². The van der Waals surface area contributed by atoms with Gasteiger partial charge in [-0.2, -0.15) is 0 Å². The van der Waals surface area contributed by atoms with Crippen molar-refractivity contribution in [1.82, 2.24) is 20.0 Å². The monoisotopic (exact) mass is 440 g/mol. The normalized spacial score (nSPS) is 11.0. The van der Waals surface area contributed by atoms with Gasteiger partial charge in [0.05, 0.1) is 7.11 Å².